The number of anilines is 4. The number of fused-ring (bicyclic) bond motifs is 4. The molecule has 33 heteroatoms. The third-order valence-electron chi connectivity index (χ3n) is 22.9. The van der Waals surface area contributed by atoms with Crippen LogP contribution in [0.5, 0.6) is 0 Å². The molecule has 30 nitrogen and oxygen atoms in total. The van der Waals surface area contributed by atoms with Crippen LogP contribution in [-0.4, -0.2) is 206 Å². The van der Waals surface area contributed by atoms with Gasteiger partial charge in [0.05, 0.1) is 79.4 Å². The number of nitrogens with zero attached hydrogens (tertiary/aromatic N) is 14. The van der Waals surface area contributed by atoms with Crippen LogP contribution in [0.2, 0.25) is 0 Å². The molecule has 1 atom stereocenters. The molecule has 646 valence electrons. The molecular formula is C91H98N14O16S3. The fraction of sp³-hybridized carbons (Fsp3) is 0.352. The first-order chi connectivity index (χ1) is 60.0. The van der Waals surface area contributed by atoms with Crippen LogP contribution >= 0.6 is 34.4 Å². The Morgan fingerprint density at radius 2 is 0.944 bits per heavy atom. The van der Waals surface area contributed by atoms with Gasteiger partial charge in [0.1, 0.15) is 22.5 Å². The summed E-state index contributed by atoms with van der Waals surface area (Å²) in [6.07, 6.45) is 3.50. The van der Waals surface area contributed by atoms with Crippen LogP contribution in [0.3, 0.4) is 0 Å². The van der Waals surface area contributed by atoms with Crippen LogP contribution in [0.25, 0.3) is 43.6 Å². The van der Waals surface area contributed by atoms with Gasteiger partial charge in [-0.3, -0.25) is 58.7 Å². The van der Waals surface area contributed by atoms with E-state index in [-0.39, 0.29) is 75.8 Å². The summed E-state index contributed by atoms with van der Waals surface area (Å²) >= 11 is 4.75. The molecule has 7 aromatic heterocycles. The number of thiophene rings is 2. The summed E-state index contributed by atoms with van der Waals surface area (Å²) in [4.78, 5) is 156. The van der Waals surface area contributed by atoms with Gasteiger partial charge in [-0.25, -0.2) is 9.59 Å². The highest BCUT2D eigenvalue weighted by molar-refractivity contribution is 8.00. The Kier molecular flexibility index (Phi) is 28.0. The highest BCUT2D eigenvalue weighted by Crippen LogP contribution is 2.39. The SMILES string of the molecule is CC(C)Cn1c(=O)c([N+](=O)[O-])c(N2CCN(C(=O)c3ccco3)CC2)c2ccccc21.CCOC(=O)c1c(N2CCN(C(=O)C3CCCS3)CC2)c2ccccc2n(C)c1=O.CCOC(=O)c1c(N2CCN(C(=O)c3cccs3)CC2)c2ccccc2n(Cc2ccsc2)c1=O.Cn1c(=O)c([N+](=O)[O-])c(N2CCN(Cc3ccccc3)CC2)c2ccccc21. The third kappa shape index (κ3) is 18.8. The molecule has 1 unspecified atom stereocenters. The summed E-state index contributed by atoms with van der Waals surface area (Å²) in [7, 11) is 3.26. The molecule has 5 fully saturated rings. The maximum absolute atomic E-state index is 13.8. The van der Waals surface area contributed by atoms with Crippen LogP contribution in [0.4, 0.5) is 34.1 Å². The molecule has 5 aliphatic heterocycles. The van der Waals surface area contributed by atoms with Crippen molar-refractivity contribution in [3.8, 4) is 0 Å². The van der Waals surface area contributed by atoms with Gasteiger partial charge in [-0.05, 0) is 114 Å². The first-order valence-electron chi connectivity index (χ1n) is 41.6. The number of furan rings is 1. The Morgan fingerprint density at radius 1 is 0.476 bits per heavy atom. The first kappa shape index (κ1) is 87.6. The molecule has 124 heavy (non-hydrogen) atoms. The van der Waals surface area contributed by atoms with Gasteiger partial charge in [0, 0.05) is 153 Å². The fourth-order valence-corrected chi connectivity index (χ4v) is 19.4. The van der Waals surface area contributed by atoms with E-state index in [1.165, 1.54) is 36.9 Å². The van der Waals surface area contributed by atoms with E-state index in [0.717, 1.165) is 71.0 Å². The van der Waals surface area contributed by atoms with Crippen molar-refractivity contribution in [3.63, 3.8) is 0 Å². The Hall–Kier alpha value is -12.7. The number of hydrogen-bond donors (Lipinski definition) is 0. The Morgan fingerprint density at radius 3 is 1.44 bits per heavy atom. The van der Waals surface area contributed by atoms with Crippen molar-refractivity contribution in [1.82, 2.24) is 37.9 Å². The lowest BCUT2D eigenvalue weighted by molar-refractivity contribution is -0.385. The van der Waals surface area contributed by atoms with Crippen molar-refractivity contribution < 1.29 is 47.7 Å². The van der Waals surface area contributed by atoms with E-state index >= 15 is 0 Å². The molecule has 0 saturated carbocycles. The van der Waals surface area contributed by atoms with Crippen molar-refractivity contribution in [2.75, 3.05) is 143 Å². The number of thioether (sulfide) groups is 1. The van der Waals surface area contributed by atoms with E-state index in [1.54, 1.807) is 72.6 Å². The molecule has 0 spiro atoms. The number of carbonyl (C=O) groups excluding carboxylic acids is 5. The van der Waals surface area contributed by atoms with E-state index in [0.29, 0.717) is 149 Å². The predicted molar refractivity (Wildman–Crippen MR) is 486 cm³/mol. The first-order valence-corrected chi connectivity index (χ1v) is 44.4. The quantitative estimate of drug-likeness (QED) is 0.0412. The highest BCUT2D eigenvalue weighted by Gasteiger charge is 2.38. The number of aromatic nitrogens is 4. The molecule has 3 amide bonds. The van der Waals surface area contributed by atoms with Crippen LogP contribution in [0, 0.1) is 26.1 Å². The van der Waals surface area contributed by atoms with Gasteiger partial charge in [0.15, 0.2) is 5.76 Å². The molecular weight excluding hydrogens is 1640 g/mol. The largest absolute Gasteiger partial charge is 0.462 e. The molecule has 0 radical (unpaired) electrons. The van der Waals surface area contributed by atoms with E-state index in [9.17, 15) is 63.4 Å². The van der Waals surface area contributed by atoms with Crippen LogP contribution in [0.15, 0.2) is 204 Å². The monoisotopic (exact) mass is 1740 g/mol. The van der Waals surface area contributed by atoms with Gasteiger partial charge >= 0.3 is 34.4 Å². The van der Waals surface area contributed by atoms with Crippen LogP contribution in [-0.2, 0) is 48.0 Å². The second-order valence-electron chi connectivity index (χ2n) is 31.0. The van der Waals surface area contributed by atoms with Crippen molar-refractivity contribution in [2.24, 2.45) is 20.0 Å². The van der Waals surface area contributed by atoms with Crippen molar-refractivity contribution in [2.45, 2.75) is 65.4 Å². The lowest BCUT2D eigenvalue weighted by atomic mass is 10.1. The number of amides is 3. The van der Waals surface area contributed by atoms with E-state index in [2.05, 4.69) is 21.9 Å². The zero-order chi connectivity index (χ0) is 87.4. The van der Waals surface area contributed by atoms with E-state index < -0.39 is 38.6 Å². The second kappa shape index (κ2) is 39.6. The average molecular weight is 1740 g/mol. The standard InChI is InChI=1S/C26H25N3O4S2.C22H24N4O5.C22H27N3O4S.C21H22N4O3/c1-2-33-26(32)22-23(27-10-12-28(13-11-27)24(30)21-8-5-14-35-21)19-6-3-4-7-20(19)29(25(22)31)16-18-9-15-34-17-18;1-15(2)14-25-17-7-4-3-6-16(17)19(20(22(25)28)26(29)30)23-9-11-24(12-10-23)21(27)18-8-5-13-31-18;1-3-29-22(28)18-19(15-7-4-5-8-16(15)23(2)21(18)27)24-10-12-25(13-11-24)20(26)17-9-6-14-30-17;1-22-18-10-6-5-9-17(18)19(20(21(22)26)25(27)28)24-13-11-23(12-14-24)15-16-7-3-2-4-8-16/h3-9,14-15,17H,2,10-13,16H2,1H3;3-8,13,15H,9-12,14H2,1-2H3;4-5,7-8,17H,3,6,9-14H2,1-2H3;2-10H,11-15H2,1H3. The molecule has 0 N–H and O–H groups in total. The second-order valence-corrected chi connectivity index (χ2v) is 34.0. The molecule has 5 saturated heterocycles. The van der Waals surface area contributed by atoms with Crippen molar-refractivity contribution >= 4 is 142 Å². The minimum absolute atomic E-state index is 0.0151. The molecule has 0 bridgehead atoms. The number of carbonyl (C=O) groups is 5. The molecule has 12 aromatic rings. The molecule has 5 aliphatic rings. The van der Waals surface area contributed by atoms with Crippen LogP contribution in [0.1, 0.15) is 92.6 Å². The number of rotatable bonds is 19. The Balaban J connectivity index is 0.000000135. The molecule has 5 aromatic carbocycles. The maximum atomic E-state index is 13.8. The third-order valence-corrected chi connectivity index (χ3v) is 25.8. The summed E-state index contributed by atoms with van der Waals surface area (Å²) in [6, 6.07) is 49.1. The number of pyridine rings is 4. The minimum Gasteiger partial charge on any atom is -0.462 e. The zero-order valence-corrected chi connectivity index (χ0v) is 72.4. The smallest absolute Gasteiger partial charge is 0.357 e. The number of piperazine rings is 4. The molecule has 0 aliphatic carbocycles. The summed E-state index contributed by atoms with van der Waals surface area (Å²) in [5, 5.41) is 32.8. The number of nitro groups is 2. The van der Waals surface area contributed by atoms with Crippen molar-refractivity contribution in [1.29, 1.82) is 0 Å². The van der Waals surface area contributed by atoms with Gasteiger partial charge < -0.3 is 66.5 Å². The highest BCUT2D eigenvalue weighted by atomic mass is 32.2. The lowest BCUT2D eigenvalue weighted by Crippen LogP contribution is -2.51. The summed E-state index contributed by atoms with van der Waals surface area (Å²) in [5.74, 6) is 0.283. The molecule has 12 heterocycles. The van der Waals surface area contributed by atoms with Gasteiger partial charge in [-0.15, -0.1) is 23.1 Å². The Labute approximate surface area is 726 Å². The van der Waals surface area contributed by atoms with Crippen molar-refractivity contribution in [3.05, 3.63) is 275 Å². The normalized spacial score (nSPS) is 15.6. The number of aryl methyl sites for hydroxylation is 2. The number of hydrogen-bond acceptors (Lipinski definition) is 24. The topological polar surface area (TPSA) is 317 Å². The number of benzene rings is 5. The van der Waals surface area contributed by atoms with Crippen LogP contribution < -0.4 is 41.8 Å². The zero-order valence-electron chi connectivity index (χ0n) is 70.0. The van der Waals surface area contributed by atoms with Gasteiger partial charge in [-0.1, -0.05) is 123 Å². The number of ether oxygens (including phenoxy) is 2. The van der Waals surface area contributed by atoms with E-state index in [4.69, 9.17) is 13.9 Å². The average Bonchev–Trinajstić information content (AvgIpc) is 1.06. The summed E-state index contributed by atoms with van der Waals surface area (Å²) in [6.45, 7) is 18.1. The molecule has 17 rings (SSSR count). The Bertz CT molecular complexity index is 6160. The lowest BCUT2D eigenvalue weighted by Gasteiger charge is -2.38. The fourth-order valence-electron chi connectivity index (χ4n) is 16.9. The number of para-hydroxylation sites is 4. The summed E-state index contributed by atoms with van der Waals surface area (Å²) < 4.78 is 21.8. The minimum atomic E-state index is -0.616. The predicted octanol–water partition coefficient (Wildman–Crippen LogP) is 12.5. The number of esters is 2. The van der Waals surface area contributed by atoms with Gasteiger partial charge in [-0.2, -0.15) is 11.3 Å². The summed E-state index contributed by atoms with van der Waals surface area (Å²) in [5.41, 5.74) is 4.67. The van der Waals surface area contributed by atoms with Gasteiger partial charge in [0.25, 0.3) is 22.9 Å². The maximum Gasteiger partial charge on any atom is 0.357 e. The van der Waals surface area contributed by atoms with E-state index in [1.807, 2.05) is 188 Å². The van der Waals surface area contributed by atoms with Gasteiger partial charge in [0.2, 0.25) is 5.91 Å².